The van der Waals surface area contributed by atoms with Crippen molar-refractivity contribution in [2.75, 3.05) is 26.4 Å². The molecule has 1 heterocycles. The summed E-state index contributed by atoms with van der Waals surface area (Å²) in [7, 11) is 0. The van der Waals surface area contributed by atoms with E-state index >= 15 is 0 Å². The minimum Gasteiger partial charge on any atom is -0.444 e. The standard InChI is InChI=1S/C17H25NO4/c1-17(2,3)22-16(19)18-9-10-20-12-15(18)13-21-11-14-7-5-4-6-8-14/h4-8,15H,9-13H2,1-3H3/t15-/m1/s1. The molecule has 22 heavy (non-hydrogen) atoms. The molecule has 5 heteroatoms. The summed E-state index contributed by atoms with van der Waals surface area (Å²) in [6.45, 7) is 8.12. The van der Waals surface area contributed by atoms with Crippen LogP contribution < -0.4 is 0 Å². The molecule has 1 saturated heterocycles. The van der Waals surface area contributed by atoms with E-state index in [1.807, 2.05) is 51.1 Å². The normalized spacial score (nSPS) is 19.0. The molecule has 1 fully saturated rings. The highest BCUT2D eigenvalue weighted by Gasteiger charge is 2.31. The summed E-state index contributed by atoms with van der Waals surface area (Å²) in [5.74, 6) is 0. The Labute approximate surface area is 132 Å². The molecule has 0 unspecified atom stereocenters. The van der Waals surface area contributed by atoms with Gasteiger partial charge in [-0.05, 0) is 26.3 Å². The molecule has 0 spiro atoms. The fraction of sp³-hybridized carbons (Fsp3) is 0.588. The van der Waals surface area contributed by atoms with Crippen molar-refractivity contribution in [3.05, 3.63) is 35.9 Å². The second kappa shape index (κ2) is 7.61. The van der Waals surface area contributed by atoms with E-state index in [0.717, 1.165) is 5.56 Å². The Morgan fingerprint density at radius 2 is 2.05 bits per heavy atom. The summed E-state index contributed by atoms with van der Waals surface area (Å²) in [5, 5.41) is 0. The zero-order chi connectivity index (χ0) is 16.0. The molecule has 1 aromatic carbocycles. The maximum absolute atomic E-state index is 12.2. The Bertz CT molecular complexity index is 469. The van der Waals surface area contributed by atoms with Crippen LogP contribution in [-0.4, -0.2) is 49.0 Å². The first kappa shape index (κ1) is 16.8. The van der Waals surface area contributed by atoms with E-state index in [1.165, 1.54) is 0 Å². The van der Waals surface area contributed by atoms with Crippen LogP contribution in [0.2, 0.25) is 0 Å². The first-order valence-electron chi connectivity index (χ1n) is 7.65. The number of ether oxygens (including phenoxy) is 3. The Morgan fingerprint density at radius 1 is 1.32 bits per heavy atom. The monoisotopic (exact) mass is 307 g/mol. The minimum atomic E-state index is -0.495. The van der Waals surface area contributed by atoms with E-state index in [9.17, 15) is 4.79 Å². The van der Waals surface area contributed by atoms with Gasteiger partial charge in [0, 0.05) is 6.54 Å². The van der Waals surface area contributed by atoms with Crippen molar-refractivity contribution in [2.45, 2.75) is 39.0 Å². The van der Waals surface area contributed by atoms with Crippen molar-refractivity contribution in [3.63, 3.8) is 0 Å². The lowest BCUT2D eigenvalue weighted by Gasteiger charge is -2.36. The van der Waals surface area contributed by atoms with Crippen molar-refractivity contribution in [2.24, 2.45) is 0 Å². The lowest BCUT2D eigenvalue weighted by Crippen LogP contribution is -2.52. The average Bonchev–Trinajstić information content (AvgIpc) is 2.47. The second-order valence-corrected chi connectivity index (χ2v) is 6.40. The zero-order valence-electron chi connectivity index (χ0n) is 13.6. The molecule has 1 atom stereocenters. The minimum absolute atomic E-state index is 0.104. The van der Waals surface area contributed by atoms with Gasteiger partial charge in [0.1, 0.15) is 5.60 Å². The molecule has 2 rings (SSSR count). The van der Waals surface area contributed by atoms with Crippen LogP contribution in [0, 0.1) is 0 Å². The average molecular weight is 307 g/mol. The maximum Gasteiger partial charge on any atom is 0.410 e. The molecule has 0 bridgehead atoms. The highest BCUT2D eigenvalue weighted by Crippen LogP contribution is 2.15. The van der Waals surface area contributed by atoms with Gasteiger partial charge in [0.15, 0.2) is 0 Å². The summed E-state index contributed by atoms with van der Waals surface area (Å²) in [5.41, 5.74) is 0.619. The molecule has 122 valence electrons. The van der Waals surface area contributed by atoms with Crippen LogP contribution in [0.4, 0.5) is 4.79 Å². The van der Waals surface area contributed by atoms with Crippen molar-refractivity contribution in [3.8, 4) is 0 Å². The van der Waals surface area contributed by atoms with E-state index < -0.39 is 5.60 Å². The summed E-state index contributed by atoms with van der Waals surface area (Å²) >= 11 is 0. The first-order chi connectivity index (χ1) is 10.5. The fourth-order valence-electron chi connectivity index (χ4n) is 2.24. The van der Waals surface area contributed by atoms with Gasteiger partial charge in [-0.2, -0.15) is 0 Å². The van der Waals surface area contributed by atoms with E-state index in [2.05, 4.69) is 0 Å². The molecule has 0 aromatic heterocycles. The Balaban J connectivity index is 1.85. The quantitative estimate of drug-likeness (QED) is 0.858. The van der Waals surface area contributed by atoms with Gasteiger partial charge in [-0.3, -0.25) is 4.90 Å². The lowest BCUT2D eigenvalue weighted by atomic mass is 10.2. The molecule has 1 amide bonds. The third-order valence-electron chi connectivity index (χ3n) is 3.28. The van der Waals surface area contributed by atoms with Crippen LogP contribution in [0.3, 0.4) is 0 Å². The molecule has 0 radical (unpaired) electrons. The number of carbonyl (C=O) groups excluding carboxylic acids is 1. The Kier molecular flexibility index (Phi) is 5.80. The molecular formula is C17H25NO4. The molecule has 5 nitrogen and oxygen atoms in total. The van der Waals surface area contributed by atoms with Gasteiger partial charge in [-0.25, -0.2) is 4.79 Å². The summed E-state index contributed by atoms with van der Waals surface area (Å²) in [4.78, 5) is 14.0. The van der Waals surface area contributed by atoms with Crippen LogP contribution in [0.25, 0.3) is 0 Å². The second-order valence-electron chi connectivity index (χ2n) is 6.40. The zero-order valence-corrected chi connectivity index (χ0v) is 13.6. The summed E-state index contributed by atoms with van der Waals surface area (Å²) < 4.78 is 16.7. The van der Waals surface area contributed by atoms with Crippen molar-refractivity contribution in [1.82, 2.24) is 4.90 Å². The molecule has 0 N–H and O–H groups in total. The maximum atomic E-state index is 12.2. The first-order valence-corrected chi connectivity index (χ1v) is 7.65. The van der Waals surface area contributed by atoms with Crippen molar-refractivity contribution in [1.29, 1.82) is 0 Å². The number of rotatable bonds is 4. The highest BCUT2D eigenvalue weighted by molar-refractivity contribution is 5.68. The molecule has 0 saturated carbocycles. The number of nitrogens with zero attached hydrogens (tertiary/aromatic N) is 1. The van der Waals surface area contributed by atoms with Gasteiger partial charge in [-0.15, -0.1) is 0 Å². The van der Waals surface area contributed by atoms with Crippen LogP contribution >= 0.6 is 0 Å². The van der Waals surface area contributed by atoms with E-state index in [4.69, 9.17) is 14.2 Å². The fourth-order valence-corrected chi connectivity index (χ4v) is 2.24. The molecule has 0 aliphatic carbocycles. The largest absolute Gasteiger partial charge is 0.444 e. The smallest absolute Gasteiger partial charge is 0.410 e. The van der Waals surface area contributed by atoms with Crippen LogP contribution in [-0.2, 0) is 20.8 Å². The SMILES string of the molecule is CC(C)(C)OC(=O)N1CCOC[C@@H]1COCc1ccccc1. The van der Waals surface area contributed by atoms with E-state index in [1.54, 1.807) is 4.90 Å². The number of carbonyl (C=O) groups is 1. The van der Waals surface area contributed by atoms with Crippen molar-refractivity contribution < 1.29 is 19.0 Å². The number of hydrogen-bond donors (Lipinski definition) is 0. The van der Waals surface area contributed by atoms with Gasteiger partial charge < -0.3 is 14.2 Å². The summed E-state index contributed by atoms with van der Waals surface area (Å²) in [6.07, 6.45) is -0.302. The third-order valence-corrected chi connectivity index (χ3v) is 3.28. The summed E-state index contributed by atoms with van der Waals surface area (Å²) in [6, 6.07) is 9.87. The van der Waals surface area contributed by atoms with Gasteiger partial charge in [-0.1, -0.05) is 30.3 Å². The molecule has 1 aliphatic heterocycles. The number of hydrogen-bond acceptors (Lipinski definition) is 4. The highest BCUT2D eigenvalue weighted by atomic mass is 16.6. The van der Waals surface area contributed by atoms with Crippen molar-refractivity contribution >= 4 is 6.09 Å². The number of morpholine rings is 1. The number of benzene rings is 1. The Hall–Kier alpha value is -1.59. The molecule has 1 aromatic rings. The van der Waals surface area contributed by atoms with Gasteiger partial charge in [0.25, 0.3) is 0 Å². The Morgan fingerprint density at radius 3 is 2.73 bits per heavy atom. The molecular weight excluding hydrogens is 282 g/mol. The number of amides is 1. The van der Waals surface area contributed by atoms with E-state index in [0.29, 0.717) is 33.0 Å². The van der Waals surface area contributed by atoms with Gasteiger partial charge >= 0.3 is 6.09 Å². The van der Waals surface area contributed by atoms with Crippen LogP contribution in [0.5, 0.6) is 0 Å². The third kappa shape index (κ3) is 5.31. The predicted octanol–water partition coefficient (Wildman–Crippen LogP) is 2.84. The van der Waals surface area contributed by atoms with Gasteiger partial charge in [0.2, 0.25) is 0 Å². The molecule has 1 aliphatic rings. The van der Waals surface area contributed by atoms with Gasteiger partial charge in [0.05, 0.1) is 32.5 Å². The lowest BCUT2D eigenvalue weighted by molar-refractivity contribution is -0.0564. The van der Waals surface area contributed by atoms with E-state index in [-0.39, 0.29) is 12.1 Å². The topological polar surface area (TPSA) is 48.0 Å². The van der Waals surface area contributed by atoms with Crippen LogP contribution in [0.1, 0.15) is 26.3 Å². The van der Waals surface area contributed by atoms with Crippen LogP contribution in [0.15, 0.2) is 30.3 Å². The predicted molar refractivity (Wildman–Crippen MR) is 83.6 cm³/mol.